The van der Waals surface area contributed by atoms with E-state index in [1.54, 1.807) is 11.8 Å². The third kappa shape index (κ3) is 12.0. The molecule has 2 saturated heterocycles. The summed E-state index contributed by atoms with van der Waals surface area (Å²) in [6.07, 6.45) is 14.4. The summed E-state index contributed by atoms with van der Waals surface area (Å²) in [6.45, 7) is 11.8. The van der Waals surface area contributed by atoms with E-state index in [4.69, 9.17) is 8.92 Å². The van der Waals surface area contributed by atoms with Gasteiger partial charge in [-0.3, -0.25) is 19.2 Å². The number of nitrogens with zero attached hydrogens (tertiary/aromatic N) is 2. The Kier molecular flexibility index (Phi) is 14.1. The Morgan fingerprint density at radius 1 is 1.15 bits per heavy atom. The highest BCUT2D eigenvalue weighted by Crippen LogP contribution is 2.40. The van der Waals surface area contributed by atoms with Gasteiger partial charge in [-0.25, -0.2) is 13.7 Å². The first kappa shape index (κ1) is 41.7. The van der Waals surface area contributed by atoms with Crippen molar-refractivity contribution in [1.82, 2.24) is 25.2 Å². The number of allylic oxidation sites excluding steroid dienone is 4. The molecule has 4 rings (SSSR count). The van der Waals surface area contributed by atoms with E-state index in [0.717, 1.165) is 12.0 Å². The average molecular weight is 762 g/mol. The third-order valence-corrected chi connectivity index (χ3v) is 11.4. The second-order valence-electron chi connectivity index (χ2n) is 15.4. The number of nitrogens with one attached hydrogen (secondary N) is 3. The molecule has 3 fully saturated rings. The molecule has 15 nitrogen and oxygen atoms in total. The Balaban J connectivity index is 1.22. The molecule has 5 amide bonds. The number of carbonyl (C=O) groups is 5. The summed E-state index contributed by atoms with van der Waals surface area (Å²) in [4.78, 5) is 67.2. The Morgan fingerprint density at radius 3 is 2.55 bits per heavy atom. The van der Waals surface area contributed by atoms with Crippen LogP contribution in [0.25, 0.3) is 0 Å². The number of rotatable bonds is 18. The van der Waals surface area contributed by atoms with Gasteiger partial charge in [0.15, 0.2) is 0 Å². The second-order valence-corrected chi connectivity index (χ2v) is 16.7. The van der Waals surface area contributed by atoms with E-state index in [0.29, 0.717) is 45.2 Å². The first-order valence-corrected chi connectivity index (χ1v) is 19.7. The Bertz CT molecular complexity index is 1600. The molecule has 4 N–H and O–H groups in total. The van der Waals surface area contributed by atoms with E-state index >= 15 is 0 Å². The second kappa shape index (κ2) is 17.9. The lowest BCUT2D eigenvalue weighted by molar-refractivity contribution is -0.138. The van der Waals surface area contributed by atoms with Crippen LogP contribution < -0.4 is 15.4 Å². The summed E-state index contributed by atoms with van der Waals surface area (Å²) in [7, 11) is -4.40. The molecule has 0 aromatic heterocycles. The normalized spacial score (nSPS) is 23.9. The largest absolute Gasteiger partial charge is 0.449 e. The smallest absolute Gasteiger partial charge is 0.407 e. The van der Waals surface area contributed by atoms with Gasteiger partial charge in [-0.05, 0) is 62.4 Å². The van der Waals surface area contributed by atoms with Crippen molar-refractivity contribution in [3.05, 3.63) is 48.6 Å². The van der Waals surface area contributed by atoms with Gasteiger partial charge >= 0.3 is 16.4 Å². The van der Waals surface area contributed by atoms with Crippen LogP contribution in [-0.2, 0) is 38.4 Å². The minimum atomic E-state index is -4.40. The van der Waals surface area contributed by atoms with Crippen LogP contribution >= 0.6 is 0 Å². The monoisotopic (exact) mass is 761 g/mol. The highest BCUT2D eigenvalue weighted by Gasteiger charge is 2.44. The van der Waals surface area contributed by atoms with Crippen molar-refractivity contribution in [2.24, 2.45) is 23.2 Å². The van der Waals surface area contributed by atoms with E-state index in [2.05, 4.69) is 35.4 Å². The van der Waals surface area contributed by atoms with Crippen LogP contribution in [0.1, 0.15) is 72.6 Å². The Morgan fingerprint density at radius 2 is 1.89 bits per heavy atom. The van der Waals surface area contributed by atoms with Gasteiger partial charge in [0.05, 0.1) is 12.2 Å². The lowest BCUT2D eigenvalue weighted by Crippen LogP contribution is -2.54. The molecular weight excluding hydrogens is 706 g/mol. The summed E-state index contributed by atoms with van der Waals surface area (Å²) in [6, 6.07) is -2.20. The average Bonchev–Trinajstić information content (AvgIpc) is 3.46. The number of carbonyl (C=O) groups excluding carboxylic acids is 5. The highest BCUT2D eigenvalue weighted by molar-refractivity contribution is 7.85. The topological polar surface area (TPSA) is 201 Å². The van der Waals surface area contributed by atoms with Crippen LogP contribution in [0.3, 0.4) is 0 Å². The number of ether oxygens (including phenoxy) is 1. The molecule has 0 bridgehead atoms. The fourth-order valence-electron chi connectivity index (χ4n) is 6.77. The maximum atomic E-state index is 13.4. The zero-order valence-corrected chi connectivity index (χ0v) is 32.0. The van der Waals surface area contributed by atoms with Gasteiger partial charge in [-0.2, -0.15) is 8.42 Å². The van der Waals surface area contributed by atoms with Crippen LogP contribution in [0.2, 0.25) is 0 Å². The number of aliphatic hydroxyl groups excluding tert-OH is 1. The minimum absolute atomic E-state index is 0.00635. The zero-order valence-electron chi connectivity index (χ0n) is 31.2. The van der Waals surface area contributed by atoms with Gasteiger partial charge in [0.2, 0.25) is 17.7 Å². The predicted molar refractivity (Wildman–Crippen MR) is 196 cm³/mol. The molecule has 16 heteroatoms. The first-order valence-electron chi connectivity index (χ1n) is 18.3. The van der Waals surface area contributed by atoms with Gasteiger partial charge in [0.1, 0.15) is 25.2 Å². The third-order valence-electron chi connectivity index (χ3n) is 10.3. The Labute approximate surface area is 312 Å². The maximum absolute atomic E-state index is 13.4. The molecule has 0 aromatic rings. The fraction of sp³-hybridized carbons (Fsp3) is 0.649. The predicted octanol–water partition coefficient (Wildman–Crippen LogP) is 2.26. The van der Waals surface area contributed by atoms with E-state index in [1.165, 1.54) is 11.0 Å². The number of fused-ring (bicyclic) bond motifs is 1. The number of likely N-dealkylation sites (tertiary alicyclic amines) is 2. The lowest BCUT2D eigenvalue weighted by atomic mass is 9.84. The molecule has 2 aliphatic heterocycles. The van der Waals surface area contributed by atoms with Gasteiger partial charge in [0, 0.05) is 31.5 Å². The number of hydrogen-bond acceptors (Lipinski definition) is 10. The summed E-state index contributed by atoms with van der Waals surface area (Å²) >= 11 is 0. The number of alkyl carbamates (subject to hydrolysis) is 1. The van der Waals surface area contributed by atoms with E-state index in [-0.39, 0.29) is 48.6 Å². The van der Waals surface area contributed by atoms with Gasteiger partial charge < -0.3 is 30.3 Å². The van der Waals surface area contributed by atoms with Crippen LogP contribution in [-0.4, -0.2) is 110 Å². The molecule has 5 atom stereocenters. The van der Waals surface area contributed by atoms with Gasteiger partial charge in [-0.15, -0.1) is 6.58 Å². The van der Waals surface area contributed by atoms with Crippen molar-refractivity contribution < 1.29 is 46.4 Å². The molecule has 294 valence electrons. The van der Waals surface area contributed by atoms with Crippen molar-refractivity contribution in [3.63, 3.8) is 0 Å². The molecular formula is C37H55N5O10S. The minimum Gasteiger partial charge on any atom is -0.449 e. The number of hydrogen-bond donors (Lipinski definition) is 4. The summed E-state index contributed by atoms with van der Waals surface area (Å²) in [5.41, 5.74) is -0.0815. The summed E-state index contributed by atoms with van der Waals surface area (Å²) < 4.78 is 37.1. The fourth-order valence-corrected chi connectivity index (χ4v) is 7.89. The van der Waals surface area contributed by atoms with Crippen molar-refractivity contribution in [3.8, 4) is 0 Å². The first-order chi connectivity index (χ1) is 25.0. The molecule has 53 heavy (non-hydrogen) atoms. The standard InChI is InChI=1S/C37H55N5O10S/c1-6-11-29(33(46)40-53(49,50)52-37(5)16-17-37)39-34(47)30-18-25(7-2)20-42(30)31(44)19-38-35(48)51-24-36(3,4)15-9-8-12-26-13-10-14-27-21-41(22-28(26)27)32(45)23-43/h6,8,10,12-14,25,27-30,43H,1,7,9,11,15-24H2,2-5H3,(H,38,48)(H,39,47)(H,40,46). The maximum Gasteiger partial charge on any atom is 0.407 e. The SMILES string of the molecule is C=CCC(NC(=O)C1CC(CC)CN1C(=O)CNC(=O)OCC(C)(C)CCC=CC1=CC=CC2CN(C(=O)CO)CC12)C(=O)NS(=O)(=O)OC1(C)CC1. The molecule has 1 saturated carbocycles. The Hall–Kier alpha value is -4.02. The van der Waals surface area contributed by atoms with Crippen LogP contribution in [0.5, 0.6) is 0 Å². The van der Waals surface area contributed by atoms with Crippen molar-refractivity contribution >= 4 is 40.0 Å². The molecule has 0 spiro atoms. The van der Waals surface area contributed by atoms with E-state index in [9.17, 15) is 37.5 Å². The van der Waals surface area contributed by atoms with Crippen LogP contribution in [0.4, 0.5) is 4.79 Å². The molecule has 2 heterocycles. The zero-order chi connectivity index (χ0) is 39.0. The van der Waals surface area contributed by atoms with E-state index in [1.807, 2.05) is 37.6 Å². The molecule has 0 radical (unpaired) electrons. The summed E-state index contributed by atoms with van der Waals surface area (Å²) in [5.74, 6) is -1.95. The van der Waals surface area contributed by atoms with Crippen LogP contribution in [0.15, 0.2) is 48.6 Å². The highest BCUT2D eigenvalue weighted by atomic mass is 32.2. The van der Waals surface area contributed by atoms with Crippen molar-refractivity contribution in [2.45, 2.75) is 90.3 Å². The van der Waals surface area contributed by atoms with Crippen molar-refractivity contribution in [1.29, 1.82) is 0 Å². The number of amides is 5. The number of aliphatic hydroxyl groups is 1. The lowest BCUT2D eigenvalue weighted by Gasteiger charge is -2.26. The molecule has 4 aliphatic rings. The molecule has 5 unspecified atom stereocenters. The van der Waals surface area contributed by atoms with Crippen LogP contribution in [0, 0.1) is 23.2 Å². The van der Waals surface area contributed by atoms with Gasteiger partial charge in [-0.1, -0.05) is 63.6 Å². The molecule has 0 aromatic carbocycles. The van der Waals surface area contributed by atoms with E-state index < -0.39 is 65.0 Å². The summed E-state index contributed by atoms with van der Waals surface area (Å²) in [5, 5.41) is 14.3. The van der Waals surface area contributed by atoms with Crippen molar-refractivity contribution in [2.75, 3.05) is 39.4 Å². The molecule has 2 aliphatic carbocycles. The quantitative estimate of drug-likeness (QED) is 0.150. The van der Waals surface area contributed by atoms with Gasteiger partial charge in [0.25, 0.3) is 5.91 Å².